The summed E-state index contributed by atoms with van der Waals surface area (Å²) in [5, 5.41) is 5.55. The number of nitrogen functional groups attached to an aromatic ring is 1. The lowest BCUT2D eigenvalue weighted by atomic mass is 10.0. The smallest absolute Gasteiger partial charge is 0.261 e. The van der Waals surface area contributed by atoms with Crippen LogP contribution in [0.3, 0.4) is 0 Å². The number of carbonyl (C=O) groups excluding carboxylic acids is 2. The van der Waals surface area contributed by atoms with Crippen LogP contribution in [0, 0.1) is 0 Å². The summed E-state index contributed by atoms with van der Waals surface area (Å²) < 4.78 is 28.1. The van der Waals surface area contributed by atoms with E-state index in [0.717, 1.165) is 5.56 Å². The van der Waals surface area contributed by atoms with Crippen molar-refractivity contribution in [1.29, 1.82) is 0 Å². The molecule has 0 spiro atoms. The van der Waals surface area contributed by atoms with Crippen LogP contribution in [0.25, 0.3) is 12.2 Å². The molecular weight excluding hydrogens is 474 g/mol. The van der Waals surface area contributed by atoms with Gasteiger partial charge in [0.1, 0.15) is 6.04 Å². The summed E-state index contributed by atoms with van der Waals surface area (Å²) in [5.74, 6) is -3.59. The number of anilines is 3. The Bertz CT molecular complexity index is 1300. The number of halogens is 2. The zero-order chi connectivity index (χ0) is 26.4. The topological polar surface area (TPSA) is 87.5 Å². The third kappa shape index (κ3) is 6.68. The van der Waals surface area contributed by atoms with Crippen molar-refractivity contribution >= 4 is 41.0 Å². The molecule has 0 radical (unpaired) electrons. The maximum atomic E-state index is 14.0. The summed E-state index contributed by atoms with van der Waals surface area (Å²) in [4.78, 5) is 27.0. The first-order valence-corrected chi connectivity index (χ1v) is 11.8. The van der Waals surface area contributed by atoms with Gasteiger partial charge in [0.05, 0.1) is 17.9 Å². The summed E-state index contributed by atoms with van der Waals surface area (Å²) in [6.07, 6.45) is 4.39. The Hall–Kier alpha value is -4.30. The molecule has 4 N–H and O–H groups in total. The van der Waals surface area contributed by atoms with Gasteiger partial charge in [-0.05, 0) is 47.0 Å². The molecule has 6 nitrogen and oxygen atoms in total. The van der Waals surface area contributed by atoms with Crippen LogP contribution in [0.5, 0.6) is 0 Å². The van der Waals surface area contributed by atoms with E-state index in [1.54, 1.807) is 72.8 Å². The molecule has 1 aliphatic rings. The van der Waals surface area contributed by atoms with Gasteiger partial charge in [-0.15, -0.1) is 0 Å². The van der Waals surface area contributed by atoms with Gasteiger partial charge in [0.25, 0.3) is 5.92 Å². The van der Waals surface area contributed by atoms with Crippen molar-refractivity contribution < 1.29 is 18.4 Å². The first kappa shape index (κ1) is 25.8. The van der Waals surface area contributed by atoms with Gasteiger partial charge in [-0.3, -0.25) is 14.5 Å². The number of para-hydroxylation sites is 2. The molecule has 1 atom stereocenters. The van der Waals surface area contributed by atoms with E-state index in [4.69, 9.17) is 5.73 Å². The summed E-state index contributed by atoms with van der Waals surface area (Å²) in [6.45, 7) is 3.32. The second kappa shape index (κ2) is 11.2. The van der Waals surface area contributed by atoms with E-state index in [1.165, 1.54) is 11.0 Å². The number of likely N-dealkylation sites (tertiary alicyclic amines) is 1. The van der Waals surface area contributed by atoms with Gasteiger partial charge < -0.3 is 16.4 Å². The minimum atomic E-state index is -2.84. The van der Waals surface area contributed by atoms with Crippen LogP contribution < -0.4 is 16.4 Å². The molecule has 0 saturated carbocycles. The van der Waals surface area contributed by atoms with Gasteiger partial charge in [-0.2, -0.15) is 0 Å². The van der Waals surface area contributed by atoms with Crippen molar-refractivity contribution in [2.24, 2.45) is 0 Å². The van der Waals surface area contributed by atoms with Crippen LogP contribution in [0.2, 0.25) is 0 Å². The molecular formula is C29H28F2N4O2. The van der Waals surface area contributed by atoms with E-state index in [9.17, 15) is 18.4 Å². The zero-order valence-corrected chi connectivity index (χ0v) is 20.2. The van der Waals surface area contributed by atoms with Crippen molar-refractivity contribution in [3.8, 4) is 0 Å². The number of nitrogens with one attached hydrogen (secondary N) is 2. The first-order valence-electron chi connectivity index (χ1n) is 11.8. The van der Waals surface area contributed by atoms with Crippen LogP contribution in [0.4, 0.5) is 25.8 Å². The van der Waals surface area contributed by atoms with E-state index in [0.29, 0.717) is 28.2 Å². The Morgan fingerprint density at radius 1 is 0.973 bits per heavy atom. The predicted molar refractivity (Wildman–Crippen MR) is 144 cm³/mol. The predicted octanol–water partition coefficient (Wildman–Crippen LogP) is 5.58. The standard InChI is InChI=1S/C29H28F2N4O2/c1-2-20-9-14-23(15-10-20)33-28(37)27(35-18-17-29(30,31)19-35)22-12-7-21(8-13-22)11-16-26(36)34-25-6-4-3-5-24(25)32/h2-16,27H,1,17-19,32H2,(H,33,37)(H,34,36)/b16-11+. The third-order valence-electron chi connectivity index (χ3n) is 6.12. The molecule has 37 heavy (non-hydrogen) atoms. The van der Waals surface area contributed by atoms with Crippen LogP contribution in [0.1, 0.15) is 29.2 Å². The molecule has 1 heterocycles. The SMILES string of the molecule is C=Cc1ccc(NC(=O)C(c2ccc(/C=C/C(=O)Nc3ccccc3N)cc2)N2CCC(F)(F)C2)cc1. The fourth-order valence-electron chi connectivity index (χ4n) is 4.17. The molecule has 3 aromatic rings. The summed E-state index contributed by atoms with van der Waals surface area (Å²) in [5.41, 5.74) is 9.59. The Labute approximate surface area is 214 Å². The van der Waals surface area contributed by atoms with Gasteiger partial charge >= 0.3 is 0 Å². The number of hydrogen-bond acceptors (Lipinski definition) is 4. The van der Waals surface area contributed by atoms with Crippen molar-refractivity contribution in [3.63, 3.8) is 0 Å². The highest BCUT2D eigenvalue weighted by Gasteiger charge is 2.43. The summed E-state index contributed by atoms with van der Waals surface area (Å²) in [7, 11) is 0. The molecule has 8 heteroatoms. The molecule has 190 valence electrons. The molecule has 2 amide bonds. The van der Waals surface area contributed by atoms with Gasteiger partial charge in [0.15, 0.2) is 0 Å². The number of rotatable bonds is 8. The zero-order valence-electron chi connectivity index (χ0n) is 20.2. The lowest BCUT2D eigenvalue weighted by molar-refractivity contribution is -0.121. The largest absolute Gasteiger partial charge is 0.397 e. The monoisotopic (exact) mass is 502 g/mol. The van der Waals surface area contributed by atoms with Crippen molar-refractivity contribution in [2.45, 2.75) is 18.4 Å². The number of amides is 2. The maximum absolute atomic E-state index is 14.0. The molecule has 0 aromatic heterocycles. The van der Waals surface area contributed by atoms with Crippen LogP contribution in [-0.2, 0) is 9.59 Å². The normalized spacial score (nSPS) is 15.8. The van der Waals surface area contributed by atoms with Gasteiger partial charge in [0, 0.05) is 24.7 Å². The fourth-order valence-corrected chi connectivity index (χ4v) is 4.17. The molecule has 1 unspecified atom stereocenters. The first-order chi connectivity index (χ1) is 17.7. The molecule has 0 bridgehead atoms. The van der Waals surface area contributed by atoms with Crippen LogP contribution >= 0.6 is 0 Å². The number of hydrogen-bond donors (Lipinski definition) is 3. The summed E-state index contributed by atoms with van der Waals surface area (Å²) in [6, 6.07) is 20.1. The maximum Gasteiger partial charge on any atom is 0.261 e. The van der Waals surface area contributed by atoms with Crippen molar-refractivity contribution in [1.82, 2.24) is 4.90 Å². The fraction of sp³-hybridized carbons (Fsp3) is 0.172. The summed E-state index contributed by atoms with van der Waals surface area (Å²) >= 11 is 0. The minimum Gasteiger partial charge on any atom is -0.397 e. The number of nitrogens with two attached hydrogens (primary N) is 1. The third-order valence-corrected chi connectivity index (χ3v) is 6.12. The lowest BCUT2D eigenvalue weighted by Gasteiger charge is -2.27. The highest BCUT2D eigenvalue weighted by Crippen LogP contribution is 2.34. The Kier molecular flexibility index (Phi) is 7.79. The van der Waals surface area contributed by atoms with Crippen LogP contribution in [0.15, 0.2) is 85.5 Å². The number of alkyl halides is 2. The van der Waals surface area contributed by atoms with E-state index in [1.807, 2.05) is 12.1 Å². The lowest BCUT2D eigenvalue weighted by Crippen LogP contribution is -2.37. The Balaban J connectivity index is 1.49. The van der Waals surface area contributed by atoms with Gasteiger partial charge in [-0.25, -0.2) is 8.78 Å². The van der Waals surface area contributed by atoms with Crippen LogP contribution in [-0.4, -0.2) is 35.7 Å². The number of nitrogens with zero attached hydrogens (tertiary/aromatic N) is 1. The van der Waals surface area contributed by atoms with E-state index < -0.39 is 24.4 Å². The highest BCUT2D eigenvalue weighted by molar-refractivity contribution is 6.03. The van der Waals surface area contributed by atoms with Crippen molar-refractivity contribution in [3.05, 3.63) is 102 Å². The second-order valence-electron chi connectivity index (χ2n) is 8.87. The average Bonchev–Trinajstić information content (AvgIpc) is 3.24. The van der Waals surface area contributed by atoms with E-state index in [2.05, 4.69) is 17.2 Å². The highest BCUT2D eigenvalue weighted by atomic mass is 19.3. The molecule has 1 fully saturated rings. The quantitative estimate of drug-likeness (QED) is 0.277. The molecule has 1 saturated heterocycles. The Morgan fingerprint density at radius 3 is 2.27 bits per heavy atom. The molecule has 4 rings (SSSR count). The second-order valence-corrected chi connectivity index (χ2v) is 8.87. The van der Waals surface area contributed by atoms with Gasteiger partial charge in [0.2, 0.25) is 11.8 Å². The molecule has 3 aromatic carbocycles. The van der Waals surface area contributed by atoms with E-state index >= 15 is 0 Å². The van der Waals surface area contributed by atoms with Crippen molar-refractivity contribution in [2.75, 3.05) is 29.5 Å². The van der Waals surface area contributed by atoms with Gasteiger partial charge in [-0.1, -0.05) is 61.2 Å². The minimum absolute atomic E-state index is 0.102. The van der Waals surface area contributed by atoms with E-state index in [-0.39, 0.29) is 18.9 Å². The molecule has 1 aliphatic heterocycles. The number of benzene rings is 3. The average molecular weight is 503 g/mol. The Morgan fingerprint density at radius 2 is 1.65 bits per heavy atom. The number of carbonyl (C=O) groups is 2. The molecule has 0 aliphatic carbocycles.